The molecule has 0 aliphatic carbocycles. The molecule has 0 aliphatic rings. The predicted molar refractivity (Wildman–Crippen MR) is 102 cm³/mol. The Kier molecular flexibility index (Phi) is 5.57. The molecule has 0 aliphatic heterocycles. The number of alkyl halides is 3. The van der Waals surface area contributed by atoms with Crippen LogP contribution in [0.2, 0.25) is 0 Å². The lowest BCUT2D eigenvalue weighted by Gasteiger charge is -2.18. The Morgan fingerprint density at radius 3 is 2.38 bits per heavy atom. The van der Waals surface area contributed by atoms with Gasteiger partial charge in [0.05, 0.1) is 24.4 Å². The average molecular weight is 398 g/mol. The number of aliphatic hydroxyl groups is 1. The van der Waals surface area contributed by atoms with Crippen molar-refractivity contribution >= 4 is 0 Å². The van der Waals surface area contributed by atoms with Gasteiger partial charge in [-0.1, -0.05) is 48.0 Å². The fourth-order valence-electron chi connectivity index (χ4n) is 3.19. The molecule has 0 saturated heterocycles. The van der Waals surface area contributed by atoms with E-state index in [0.29, 0.717) is 16.7 Å². The molecule has 2 aromatic carbocycles. The van der Waals surface area contributed by atoms with Gasteiger partial charge in [-0.25, -0.2) is 0 Å². The van der Waals surface area contributed by atoms with E-state index >= 15 is 0 Å². The molecule has 1 aromatic heterocycles. The van der Waals surface area contributed by atoms with Crippen LogP contribution >= 0.6 is 0 Å². The maximum absolute atomic E-state index is 13.5. The number of aliphatic hydroxyl groups excluding tert-OH is 1. The Morgan fingerprint density at radius 1 is 1.07 bits per heavy atom. The molecule has 0 atom stereocenters. The van der Waals surface area contributed by atoms with Crippen molar-refractivity contribution in [3.63, 3.8) is 0 Å². The minimum atomic E-state index is -4.83. The summed E-state index contributed by atoms with van der Waals surface area (Å²) in [5.74, 6) is 0. The summed E-state index contributed by atoms with van der Waals surface area (Å²) in [6.45, 7) is 1.55. The third-order valence-corrected chi connectivity index (χ3v) is 4.55. The molecule has 4 nitrogen and oxygen atoms in total. The van der Waals surface area contributed by atoms with Crippen molar-refractivity contribution in [2.75, 3.05) is 0 Å². The highest BCUT2D eigenvalue weighted by Gasteiger charge is 2.36. The molecule has 0 bridgehead atoms. The van der Waals surface area contributed by atoms with E-state index in [0.717, 1.165) is 11.6 Å². The summed E-state index contributed by atoms with van der Waals surface area (Å²) in [6.07, 6.45) is -4.83. The van der Waals surface area contributed by atoms with Crippen LogP contribution < -0.4 is 5.56 Å². The van der Waals surface area contributed by atoms with Crippen LogP contribution in [0.5, 0.6) is 0 Å². The van der Waals surface area contributed by atoms with E-state index in [1.807, 2.05) is 0 Å². The van der Waals surface area contributed by atoms with Crippen molar-refractivity contribution in [1.82, 2.24) is 4.57 Å². The van der Waals surface area contributed by atoms with Crippen LogP contribution in [0, 0.1) is 18.3 Å². The van der Waals surface area contributed by atoms with Crippen LogP contribution in [0.3, 0.4) is 0 Å². The molecule has 0 unspecified atom stereocenters. The topological polar surface area (TPSA) is 66.0 Å². The van der Waals surface area contributed by atoms with Gasteiger partial charge >= 0.3 is 6.18 Å². The largest absolute Gasteiger partial charge is 0.417 e. The van der Waals surface area contributed by atoms with Crippen LogP contribution in [-0.2, 0) is 19.3 Å². The number of pyridine rings is 1. The van der Waals surface area contributed by atoms with Crippen LogP contribution in [0.1, 0.15) is 27.8 Å². The summed E-state index contributed by atoms with van der Waals surface area (Å²) >= 11 is 0. The molecule has 0 amide bonds. The van der Waals surface area contributed by atoms with Gasteiger partial charge in [-0.2, -0.15) is 18.4 Å². The second kappa shape index (κ2) is 7.94. The van der Waals surface area contributed by atoms with Gasteiger partial charge in [0.15, 0.2) is 0 Å². The predicted octanol–water partition coefficient (Wildman–Crippen LogP) is 4.25. The van der Waals surface area contributed by atoms with E-state index in [1.54, 1.807) is 55.5 Å². The molecular weight excluding hydrogens is 381 g/mol. The second-order valence-electron chi connectivity index (χ2n) is 6.67. The lowest BCUT2D eigenvalue weighted by Crippen LogP contribution is -2.28. The monoisotopic (exact) mass is 398 g/mol. The number of aryl methyl sites for hydroxylation is 1. The SMILES string of the molecule is Cc1cccc(-c2cc(C(F)(F)F)c(C#N)c(=O)n2Cc2cccc(CO)c2)c1. The van der Waals surface area contributed by atoms with Gasteiger partial charge in [-0.3, -0.25) is 4.79 Å². The summed E-state index contributed by atoms with van der Waals surface area (Å²) in [5.41, 5.74) is -0.630. The number of hydrogen-bond donors (Lipinski definition) is 1. The summed E-state index contributed by atoms with van der Waals surface area (Å²) in [6, 6.07) is 15.8. The van der Waals surface area contributed by atoms with E-state index in [1.165, 1.54) is 10.6 Å². The highest BCUT2D eigenvalue weighted by molar-refractivity contribution is 5.63. The summed E-state index contributed by atoms with van der Waals surface area (Å²) in [4.78, 5) is 12.9. The fraction of sp³-hybridized carbons (Fsp3) is 0.182. The van der Waals surface area contributed by atoms with Crippen molar-refractivity contribution in [2.24, 2.45) is 0 Å². The van der Waals surface area contributed by atoms with E-state index in [-0.39, 0.29) is 18.8 Å². The zero-order valence-electron chi connectivity index (χ0n) is 15.5. The quantitative estimate of drug-likeness (QED) is 0.714. The van der Waals surface area contributed by atoms with Gasteiger partial charge in [0.1, 0.15) is 11.6 Å². The number of benzene rings is 2. The molecule has 0 spiro atoms. The van der Waals surface area contributed by atoms with Gasteiger partial charge in [-0.05, 0) is 35.7 Å². The first kappa shape index (κ1) is 20.4. The van der Waals surface area contributed by atoms with Crippen LogP contribution in [-0.4, -0.2) is 9.67 Å². The molecule has 3 aromatic rings. The summed E-state index contributed by atoms with van der Waals surface area (Å²) < 4.78 is 41.7. The van der Waals surface area contributed by atoms with Crippen LogP contribution in [0.25, 0.3) is 11.3 Å². The Hall–Kier alpha value is -3.37. The van der Waals surface area contributed by atoms with Gasteiger partial charge < -0.3 is 9.67 Å². The van der Waals surface area contributed by atoms with Crippen molar-refractivity contribution < 1.29 is 18.3 Å². The first-order valence-corrected chi connectivity index (χ1v) is 8.75. The molecule has 1 N–H and O–H groups in total. The van der Waals surface area contributed by atoms with Crippen molar-refractivity contribution in [2.45, 2.75) is 26.3 Å². The highest BCUT2D eigenvalue weighted by atomic mass is 19.4. The van der Waals surface area contributed by atoms with Crippen molar-refractivity contribution in [3.8, 4) is 17.3 Å². The smallest absolute Gasteiger partial charge is 0.392 e. The lowest BCUT2D eigenvalue weighted by molar-refractivity contribution is -0.137. The Balaban J connectivity index is 2.30. The zero-order valence-corrected chi connectivity index (χ0v) is 15.5. The third kappa shape index (κ3) is 4.23. The van der Waals surface area contributed by atoms with Gasteiger partial charge in [-0.15, -0.1) is 0 Å². The minimum absolute atomic E-state index is 0.0389. The minimum Gasteiger partial charge on any atom is -0.392 e. The number of nitrogens with zero attached hydrogens (tertiary/aromatic N) is 2. The molecule has 29 heavy (non-hydrogen) atoms. The standard InChI is InChI=1S/C22H17F3N2O2/c1-14-4-2-7-17(8-14)20-10-19(22(23,24)25)18(11-26)21(29)27(20)12-15-5-3-6-16(9-15)13-28/h2-10,28H,12-13H2,1H3. The maximum Gasteiger partial charge on any atom is 0.417 e. The first-order valence-electron chi connectivity index (χ1n) is 8.75. The Labute approximate surface area is 165 Å². The Bertz CT molecular complexity index is 1160. The zero-order chi connectivity index (χ0) is 21.2. The molecule has 0 fully saturated rings. The molecule has 7 heteroatoms. The normalized spacial score (nSPS) is 11.3. The van der Waals surface area contributed by atoms with Crippen LogP contribution in [0.15, 0.2) is 59.4 Å². The number of nitriles is 1. The number of rotatable bonds is 4. The van der Waals surface area contributed by atoms with Crippen molar-refractivity contribution in [1.29, 1.82) is 5.26 Å². The van der Waals surface area contributed by atoms with E-state index in [4.69, 9.17) is 0 Å². The third-order valence-electron chi connectivity index (χ3n) is 4.55. The molecule has 148 valence electrons. The van der Waals surface area contributed by atoms with Crippen molar-refractivity contribution in [3.05, 3.63) is 92.8 Å². The molecule has 0 saturated carbocycles. The second-order valence-corrected chi connectivity index (χ2v) is 6.67. The van der Waals surface area contributed by atoms with Gasteiger partial charge in [0.25, 0.3) is 5.56 Å². The number of aromatic nitrogens is 1. The van der Waals surface area contributed by atoms with E-state index in [9.17, 15) is 28.3 Å². The van der Waals surface area contributed by atoms with E-state index in [2.05, 4.69) is 0 Å². The van der Waals surface area contributed by atoms with Gasteiger partial charge in [0, 0.05) is 0 Å². The Morgan fingerprint density at radius 2 is 1.76 bits per heavy atom. The average Bonchev–Trinajstić information content (AvgIpc) is 2.68. The van der Waals surface area contributed by atoms with Crippen LogP contribution in [0.4, 0.5) is 13.2 Å². The van der Waals surface area contributed by atoms with Gasteiger partial charge in [0.2, 0.25) is 0 Å². The highest BCUT2D eigenvalue weighted by Crippen LogP contribution is 2.34. The number of hydrogen-bond acceptors (Lipinski definition) is 3. The lowest BCUT2D eigenvalue weighted by atomic mass is 10.0. The fourth-order valence-corrected chi connectivity index (χ4v) is 3.19. The van der Waals surface area contributed by atoms with E-state index < -0.39 is 22.9 Å². The maximum atomic E-state index is 13.5. The summed E-state index contributed by atoms with van der Waals surface area (Å²) in [5, 5.41) is 18.6. The number of halogens is 3. The summed E-state index contributed by atoms with van der Waals surface area (Å²) in [7, 11) is 0. The molecule has 3 rings (SSSR count). The first-order chi connectivity index (χ1) is 13.7. The molecule has 0 radical (unpaired) electrons. The molecule has 1 heterocycles. The molecular formula is C22H17F3N2O2.